The van der Waals surface area contributed by atoms with Crippen LogP contribution < -0.4 is 5.32 Å². The number of oxazole rings is 1. The van der Waals surface area contributed by atoms with Gasteiger partial charge in [-0.2, -0.15) is 0 Å². The number of hydrogen-bond acceptors (Lipinski definition) is 3. The highest BCUT2D eigenvalue weighted by atomic mass is 16.3. The number of carbonyl (C=O) groups excluding carboxylic acids is 1. The molecule has 0 fully saturated rings. The largest absolute Gasteiger partial charge is 0.438 e. The van der Waals surface area contributed by atoms with Crippen molar-refractivity contribution in [3.8, 4) is 0 Å². The maximum Gasteiger partial charge on any atom is 0.293 e. The van der Waals surface area contributed by atoms with E-state index in [9.17, 15) is 4.79 Å². The van der Waals surface area contributed by atoms with Gasteiger partial charge in [-0.1, -0.05) is 42.5 Å². The van der Waals surface area contributed by atoms with Crippen LogP contribution in [0.4, 0.5) is 5.69 Å². The monoisotopic (exact) mass is 292 g/mol. The van der Waals surface area contributed by atoms with Crippen LogP contribution in [-0.2, 0) is 12.8 Å². The minimum atomic E-state index is -0.294. The van der Waals surface area contributed by atoms with E-state index in [1.807, 2.05) is 36.4 Å². The van der Waals surface area contributed by atoms with E-state index in [1.54, 1.807) is 0 Å². The molecule has 0 saturated heterocycles. The van der Waals surface area contributed by atoms with Gasteiger partial charge in [0.15, 0.2) is 6.39 Å². The molecule has 0 aliphatic heterocycles. The molecule has 4 heteroatoms. The van der Waals surface area contributed by atoms with Crippen LogP contribution in [0.1, 0.15) is 21.7 Å². The predicted octanol–water partition coefficient (Wildman–Crippen LogP) is 3.71. The lowest BCUT2D eigenvalue weighted by Crippen LogP contribution is -2.11. The second-order valence-corrected chi connectivity index (χ2v) is 5.01. The summed E-state index contributed by atoms with van der Waals surface area (Å²) in [4.78, 5) is 15.7. The molecule has 3 aromatic rings. The van der Waals surface area contributed by atoms with Crippen molar-refractivity contribution in [2.75, 3.05) is 5.32 Å². The van der Waals surface area contributed by atoms with Gasteiger partial charge in [-0.25, -0.2) is 4.98 Å². The molecule has 0 radical (unpaired) electrons. The van der Waals surface area contributed by atoms with Gasteiger partial charge in [0.2, 0.25) is 5.76 Å². The molecule has 2 aromatic carbocycles. The molecule has 1 heterocycles. The highest BCUT2D eigenvalue weighted by Gasteiger charge is 2.09. The Hall–Kier alpha value is -2.88. The van der Waals surface area contributed by atoms with Gasteiger partial charge in [0.05, 0.1) is 6.20 Å². The highest BCUT2D eigenvalue weighted by molar-refractivity contribution is 6.01. The molecule has 0 atom stereocenters. The van der Waals surface area contributed by atoms with Crippen molar-refractivity contribution in [2.24, 2.45) is 0 Å². The fourth-order valence-electron chi connectivity index (χ4n) is 2.26. The Morgan fingerprint density at radius 2 is 1.77 bits per heavy atom. The van der Waals surface area contributed by atoms with E-state index in [2.05, 4.69) is 28.5 Å². The van der Waals surface area contributed by atoms with Gasteiger partial charge in [-0.05, 0) is 36.1 Å². The molecule has 4 nitrogen and oxygen atoms in total. The van der Waals surface area contributed by atoms with Crippen molar-refractivity contribution in [2.45, 2.75) is 12.8 Å². The fourth-order valence-corrected chi connectivity index (χ4v) is 2.26. The number of hydrogen-bond donors (Lipinski definition) is 1. The maximum atomic E-state index is 11.9. The van der Waals surface area contributed by atoms with E-state index in [1.165, 1.54) is 23.7 Å². The second kappa shape index (κ2) is 6.72. The number of nitrogens with zero attached hydrogens (tertiary/aromatic N) is 1. The van der Waals surface area contributed by atoms with Crippen molar-refractivity contribution in [1.29, 1.82) is 0 Å². The van der Waals surface area contributed by atoms with Crippen LogP contribution in [0.25, 0.3) is 0 Å². The first kappa shape index (κ1) is 14.1. The molecule has 1 N–H and O–H groups in total. The number of nitrogens with one attached hydrogen (secondary N) is 1. The van der Waals surface area contributed by atoms with Crippen molar-refractivity contribution in [3.63, 3.8) is 0 Å². The Bertz CT molecular complexity index is 737. The third-order valence-corrected chi connectivity index (χ3v) is 3.39. The first-order valence-corrected chi connectivity index (χ1v) is 7.14. The van der Waals surface area contributed by atoms with Crippen LogP contribution in [0.3, 0.4) is 0 Å². The lowest BCUT2D eigenvalue weighted by atomic mass is 10.0. The molecule has 22 heavy (non-hydrogen) atoms. The van der Waals surface area contributed by atoms with E-state index in [0.29, 0.717) is 0 Å². The number of benzene rings is 2. The molecule has 0 unspecified atom stereocenters. The third kappa shape index (κ3) is 3.61. The van der Waals surface area contributed by atoms with Crippen LogP contribution in [-0.4, -0.2) is 10.9 Å². The number of aryl methyl sites for hydroxylation is 2. The SMILES string of the molecule is O=C(Nc1cccc(CCc2ccccc2)c1)c1cnco1. The number of rotatable bonds is 5. The molecule has 1 aromatic heterocycles. The Kier molecular flexibility index (Phi) is 4.30. The molecule has 1 amide bonds. The average Bonchev–Trinajstić information content (AvgIpc) is 3.09. The van der Waals surface area contributed by atoms with Crippen molar-refractivity contribution in [1.82, 2.24) is 4.98 Å². The van der Waals surface area contributed by atoms with Crippen LogP contribution in [0.15, 0.2) is 71.6 Å². The summed E-state index contributed by atoms with van der Waals surface area (Å²) in [5.41, 5.74) is 3.24. The summed E-state index contributed by atoms with van der Waals surface area (Å²) in [7, 11) is 0. The van der Waals surface area contributed by atoms with Gasteiger partial charge in [0, 0.05) is 5.69 Å². The minimum absolute atomic E-state index is 0.203. The zero-order valence-corrected chi connectivity index (χ0v) is 12.0. The first-order chi connectivity index (χ1) is 10.8. The predicted molar refractivity (Wildman–Crippen MR) is 84.7 cm³/mol. The summed E-state index contributed by atoms with van der Waals surface area (Å²) < 4.78 is 4.98. The highest BCUT2D eigenvalue weighted by Crippen LogP contribution is 2.14. The van der Waals surface area contributed by atoms with E-state index in [4.69, 9.17) is 4.42 Å². The first-order valence-electron chi connectivity index (χ1n) is 7.14. The average molecular weight is 292 g/mol. The molecule has 0 aliphatic carbocycles. The van der Waals surface area contributed by atoms with Gasteiger partial charge in [-0.15, -0.1) is 0 Å². The summed E-state index contributed by atoms with van der Waals surface area (Å²) >= 11 is 0. The normalized spacial score (nSPS) is 10.4. The van der Waals surface area contributed by atoms with Gasteiger partial charge in [0.25, 0.3) is 5.91 Å². The Balaban J connectivity index is 1.64. The van der Waals surface area contributed by atoms with Crippen LogP contribution in [0.2, 0.25) is 0 Å². The Labute approximate surface area is 128 Å². The number of aromatic nitrogens is 1. The van der Waals surface area contributed by atoms with Crippen LogP contribution in [0, 0.1) is 0 Å². The summed E-state index contributed by atoms with van der Waals surface area (Å²) in [5.74, 6) is -0.0904. The lowest BCUT2D eigenvalue weighted by Gasteiger charge is -2.06. The zero-order valence-electron chi connectivity index (χ0n) is 12.0. The van der Waals surface area contributed by atoms with Crippen molar-refractivity contribution in [3.05, 3.63) is 84.1 Å². The summed E-state index contributed by atoms with van der Waals surface area (Å²) in [6, 6.07) is 18.2. The summed E-state index contributed by atoms with van der Waals surface area (Å²) in [6.07, 6.45) is 4.54. The number of amides is 1. The van der Waals surface area contributed by atoms with Crippen LogP contribution in [0.5, 0.6) is 0 Å². The summed E-state index contributed by atoms with van der Waals surface area (Å²) in [6.45, 7) is 0. The van der Waals surface area contributed by atoms with E-state index in [0.717, 1.165) is 18.5 Å². The fraction of sp³-hybridized carbons (Fsp3) is 0.111. The molecular weight excluding hydrogens is 276 g/mol. The maximum absolute atomic E-state index is 11.9. The molecule has 0 bridgehead atoms. The molecule has 0 aliphatic rings. The van der Waals surface area contributed by atoms with Crippen molar-refractivity contribution < 1.29 is 9.21 Å². The third-order valence-electron chi connectivity index (χ3n) is 3.39. The molecule has 0 saturated carbocycles. The van der Waals surface area contributed by atoms with Gasteiger partial charge >= 0.3 is 0 Å². The molecule has 3 rings (SSSR count). The van der Waals surface area contributed by atoms with Gasteiger partial charge < -0.3 is 9.73 Å². The molecule has 0 spiro atoms. The van der Waals surface area contributed by atoms with E-state index in [-0.39, 0.29) is 11.7 Å². The smallest absolute Gasteiger partial charge is 0.293 e. The molecular formula is C18H16N2O2. The molecule has 110 valence electrons. The second-order valence-electron chi connectivity index (χ2n) is 5.01. The van der Waals surface area contributed by atoms with Crippen LogP contribution >= 0.6 is 0 Å². The number of carbonyl (C=O) groups is 1. The standard InChI is InChI=1S/C18H16N2O2/c21-18(17-12-19-13-22-17)20-16-8-4-7-15(11-16)10-9-14-5-2-1-3-6-14/h1-8,11-13H,9-10H2,(H,20,21). The topological polar surface area (TPSA) is 55.1 Å². The van der Waals surface area contributed by atoms with Gasteiger partial charge in [0.1, 0.15) is 0 Å². The van der Waals surface area contributed by atoms with Crippen molar-refractivity contribution >= 4 is 11.6 Å². The summed E-state index contributed by atoms with van der Waals surface area (Å²) in [5, 5.41) is 2.81. The van der Waals surface area contributed by atoms with Gasteiger partial charge in [-0.3, -0.25) is 4.79 Å². The quantitative estimate of drug-likeness (QED) is 0.780. The Morgan fingerprint density at radius 1 is 1.00 bits per heavy atom. The lowest BCUT2D eigenvalue weighted by molar-refractivity contribution is 0.0996. The zero-order chi connectivity index (χ0) is 15.2. The minimum Gasteiger partial charge on any atom is -0.438 e. The van der Waals surface area contributed by atoms with E-state index >= 15 is 0 Å². The Morgan fingerprint density at radius 3 is 2.55 bits per heavy atom. The number of anilines is 1. The van der Waals surface area contributed by atoms with E-state index < -0.39 is 0 Å².